The standard InChI is InChI=1S/C10H13NO2S/c1-6-4-14-5-7(6)10(2-3-10)8(11)9(12)13/h4-5,8H,2-3,11H2,1H3,(H,12,13). The molecule has 0 spiro atoms. The Bertz CT molecular complexity index is 368. The van der Waals surface area contributed by atoms with Gasteiger partial charge < -0.3 is 10.8 Å². The summed E-state index contributed by atoms with van der Waals surface area (Å²) >= 11 is 1.61. The van der Waals surface area contributed by atoms with E-state index in [0.717, 1.165) is 18.4 Å². The van der Waals surface area contributed by atoms with Crippen molar-refractivity contribution in [2.45, 2.75) is 31.2 Å². The van der Waals surface area contributed by atoms with E-state index >= 15 is 0 Å². The third-order valence-corrected chi connectivity index (χ3v) is 3.90. The first-order chi connectivity index (χ1) is 6.58. The van der Waals surface area contributed by atoms with E-state index in [4.69, 9.17) is 10.8 Å². The van der Waals surface area contributed by atoms with E-state index in [-0.39, 0.29) is 5.41 Å². The van der Waals surface area contributed by atoms with Gasteiger partial charge in [0.05, 0.1) is 0 Å². The Morgan fingerprint density at radius 1 is 1.64 bits per heavy atom. The van der Waals surface area contributed by atoms with Gasteiger partial charge in [-0.2, -0.15) is 11.3 Å². The van der Waals surface area contributed by atoms with E-state index in [1.54, 1.807) is 11.3 Å². The highest BCUT2D eigenvalue weighted by atomic mass is 32.1. The molecule has 2 rings (SSSR count). The molecule has 1 aromatic heterocycles. The van der Waals surface area contributed by atoms with Crippen LogP contribution in [0.25, 0.3) is 0 Å². The zero-order valence-electron chi connectivity index (χ0n) is 7.99. The third kappa shape index (κ3) is 1.26. The number of nitrogens with two attached hydrogens (primary N) is 1. The molecule has 3 nitrogen and oxygen atoms in total. The second-order valence-corrected chi connectivity index (χ2v) is 4.68. The molecule has 14 heavy (non-hydrogen) atoms. The van der Waals surface area contributed by atoms with Crippen LogP contribution in [0.1, 0.15) is 24.0 Å². The Kier molecular flexibility index (Phi) is 2.12. The minimum absolute atomic E-state index is 0.268. The van der Waals surface area contributed by atoms with Crippen LogP contribution in [0.2, 0.25) is 0 Å². The van der Waals surface area contributed by atoms with Crippen molar-refractivity contribution in [3.05, 3.63) is 21.9 Å². The molecule has 0 saturated heterocycles. The highest BCUT2D eigenvalue weighted by Gasteiger charge is 2.53. The number of hydrogen-bond donors (Lipinski definition) is 2. The van der Waals surface area contributed by atoms with Crippen molar-refractivity contribution in [2.75, 3.05) is 0 Å². The summed E-state index contributed by atoms with van der Waals surface area (Å²) in [5.74, 6) is -0.895. The average molecular weight is 211 g/mol. The molecule has 1 aliphatic rings. The van der Waals surface area contributed by atoms with Crippen LogP contribution in [0.15, 0.2) is 10.8 Å². The van der Waals surface area contributed by atoms with E-state index in [1.165, 1.54) is 5.56 Å². The normalized spacial score (nSPS) is 20.4. The first kappa shape index (κ1) is 9.68. The molecular formula is C10H13NO2S. The number of carboxylic acid groups (broad SMARTS) is 1. The molecule has 1 fully saturated rings. The highest BCUT2D eigenvalue weighted by molar-refractivity contribution is 7.08. The van der Waals surface area contributed by atoms with Crippen LogP contribution >= 0.6 is 11.3 Å². The quantitative estimate of drug-likeness (QED) is 0.796. The SMILES string of the molecule is Cc1cscc1C1(C(N)C(=O)O)CC1. The lowest BCUT2D eigenvalue weighted by atomic mass is 9.88. The second-order valence-electron chi connectivity index (χ2n) is 3.94. The van der Waals surface area contributed by atoms with E-state index in [9.17, 15) is 4.79 Å². The van der Waals surface area contributed by atoms with Gasteiger partial charge in [-0.1, -0.05) is 0 Å². The predicted octanol–water partition coefficient (Wildman–Crippen LogP) is 1.50. The van der Waals surface area contributed by atoms with Crippen molar-refractivity contribution < 1.29 is 9.90 Å². The first-order valence-corrected chi connectivity index (χ1v) is 5.54. The number of aliphatic carboxylic acids is 1. The Balaban J connectivity index is 2.34. The molecular weight excluding hydrogens is 198 g/mol. The van der Waals surface area contributed by atoms with Gasteiger partial charge in [0, 0.05) is 5.41 Å². The third-order valence-electron chi connectivity index (χ3n) is 3.04. The van der Waals surface area contributed by atoms with Gasteiger partial charge in [0.1, 0.15) is 6.04 Å². The monoisotopic (exact) mass is 211 g/mol. The van der Waals surface area contributed by atoms with E-state index < -0.39 is 12.0 Å². The zero-order chi connectivity index (χ0) is 10.3. The largest absolute Gasteiger partial charge is 0.480 e. The van der Waals surface area contributed by atoms with Crippen LogP contribution in [0, 0.1) is 6.92 Å². The number of hydrogen-bond acceptors (Lipinski definition) is 3. The summed E-state index contributed by atoms with van der Waals surface area (Å²) in [5.41, 5.74) is 7.76. The molecule has 0 bridgehead atoms. The summed E-state index contributed by atoms with van der Waals surface area (Å²) in [7, 11) is 0. The summed E-state index contributed by atoms with van der Waals surface area (Å²) in [4.78, 5) is 10.9. The van der Waals surface area contributed by atoms with Gasteiger partial charge in [-0.05, 0) is 41.7 Å². The molecule has 0 aromatic carbocycles. The van der Waals surface area contributed by atoms with Gasteiger partial charge in [0.15, 0.2) is 0 Å². The summed E-state index contributed by atoms with van der Waals surface area (Å²) in [5, 5.41) is 13.0. The van der Waals surface area contributed by atoms with Crippen molar-refractivity contribution >= 4 is 17.3 Å². The summed E-state index contributed by atoms with van der Waals surface area (Å²) in [6, 6.07) is -0.754. The van der Waals surface area contributed by atoms with Crippen LogP contribution in [0.3, 0.4) is 0 Å². The second kappa shape index (κ2) is 3.07. The van der Waals surface area contributed by atoms with E-state index in [2.05, 4.69) is 0 Å². The maximum absolute atomic E-state index is 10.9. The molecule has 1 saturated carbocycles. The smallest absolute Gasteiger partial charge is 0.321 e. The molecule has 1 unspecified atom stereocenters. The van der Waals surface area contributed by atoms with Crippen molar-refractivity contribution in [3.63, 3.8) is 0 Å². The molecule has 0 radical (unpaired) electrons. The Morgan fingerprint density at radius 2 is 2.29 bits per heavy atom. The zero-order valence-corrected chi connectivity index (χ0v) is 8.80. The van der Waals surface area contributed by atoms with Crippen LogP contribution in [-0.2, 0) is 10.2 Å². The van der Waals surface area contributed by atoms with Gasteiger partial charge >= 0.3 is 5.97 Å². The molecule has 1 atom stereocenters. The van der Waals surface area contributed by atoms with Gasteiger partial charge in [0.2, 0.25) is 0 Å². The van der Waals surface area contributed by atoms with Crippen molar-refractivity contribution in [1.82, 2.24) is 0 Å². The lowest BCUT2D eigenvalue weighted by Gasteiger charge is -2.19. The van der Waals surface area contributed by atoms with Gasteiger partial charge in [-0.15, -0.1) is 0 Å². The minimum atomic E-state index is -0.895. The first-order valence-electron chi connectivity index (χ1n) is 4.59. The summed E-state index contributed by atoms with van der Waals surface area (Å²) < 4.78 is 0. The van der Waals surface area contributed by atoms with Crippen molar-refractivity contribution in [1.29, 1.82) is 0 Å². The molecule has 4 heteroatoms. The fraction of sp³-hybridized carbons (Fsp3) is 0.500. The Labute approximate surface area is 86.6 Å². The number of thiophene rings is 1. The minimum Gasteiger partial charge on any atom is -0.480 e. The fourth-order valence-electron chi connectivity index (χ4n) is 1.99. The van der Waals surface area contributed by atoms with Crippen molar-refractivity contribution in [3.8, 4) is 0 Å². The molecule has 1 aliphatic carbocycles. The topological polar surface area (TPSA) is 63.3 Å². The fourth-order valence-corrected chi connectivity index (χ4v) is 2.95. The van der Waals surface area contributed by atoms with Crippen LogP contribution < -0.4 is 5.73 Å². The molecule has 1 heterocycles. The van der Waals surface area contributed by atoms with Crippen molar-refractivity contribution in [2.24, 2.45) is 5.73 Å². The summed E-state index contributed by atoms with van der Waals surface area (Å²) in [6.45, 7) is 2.01. The summed E-state index contributed by atoms with van der Waals surface area (Å²) in [6.07, 6.45) is 1.80. The van der Waals surface area contributed by atoms with Gasteiger partial charge in [-0.3, -0.25) is 4.79 Å². The average Bonchev–Trinajstić information content (AvgIpc) is 2.83. The van der Waals surface area contributed by atoms with Gasteiger partial charge in [-0.25, -0.2) is 0 Å². The number of rotatable bonds is 3. The molecule has 0 amide bonds. The predicted molar refractivity (Wildman–Crippen MR) is 55.6 cm³/mol. The molecule has 0 aliphatic heterocycles. The lowest BCUT2D eigenvalue weighted by molar-refractivity contribution is -0.139. The Hall–Kier alpha value is -0.870. The van der Waals surface area contributed by atoms with Crippen LogP contribution in [0.5, 0.6) is 0 Å². The van der Waals surface area contributed by atoms with Crippen LogP contribution in [-0.4, -0.2) is 17.1 Å². The molecule has 76 valence electrons. The number of aryl methyl sites for hydroxylation is 1. The highest BCUT2D eigenvalue weighted by Crippen LogP contribution is 2.52. The van der Waals surface area contributed by atoms with E-state index in [1.807, 2.05) is 17.7 Å². The molecule has 1 aromatic rings. The maximum Gasteiger partial charge on any atom is 0.321 e. The maximum atomic E-state index is 10.9. The number of carboxylic acids is 1. The van der Waals surface area contributed by atoms with E-state index in [0.29, 0.717) is 0 Å². The number of carbonyl (C=O) groups is 1. The Morgan fingerprint density at radius 3 is 2.64 bits per heavy atom. The molecule has 3 N–H and O–H groups in total. The van der Waals surface area contributed by atoms with Gasteiger partial charge in [0.25, 0.3) is 0 Å². The lowest BCUT2D eigenvalue weighted by Crippen LogP contribution is -2.42. The van der Waals surface area contributed by atoms with Crippen LogP contribution in [0.4, 0.5) is 0 Å².